The van der Waals surface area contributed by atoms with Crippen molar-refractivity contribution in [1.29, 1.82) is 0 Å². The smallest absolute Gasteiger partial charge is 0.291 e. The number of ether oxygens (including phenoxy) is 2. The highest BCUT2D eigenvalue weighted by molar-refractivity contribution is 8.14. The average Bonchev–Trinajstić information content (AvgIpc) is 3.11. The van der Waals surface area contributed by atoms with E-state index in [0.29, 0.717) is 24.2 Å². The Labute approximate surface area is 186 Å². The van der Waals surface area contributed by atoms with E-state index in [1.807, 2.05) is 58.0 Å². The first-order valence-corrected chi connectivity index (χ1v) is 11.3. The van der Waals surface area contributed by atoms with E-state index in [4.69, 9.17) is 9.47 Å². The maximum atomic E-state index is 12.9. The molecular formula is C24H27NO5S. The summed E-state index contributed by atoms with van der Waals surface area (Å²) < 4.78 is 12.8. The van der Waals surface area contributed by atoms with Crippen LogP contribution >= 0.6 is 11.8 Å². The Morgan fingerprint density at radius 2 is 1.81 bits per heavy atom. The predicted octanol–water partition coefficient (Wildman–Crippen LogP) is 4.60. The van der Waals surface area contributed by atoms with Gasteiger partial charge in [-0.2, -0.15) is 0 Å². The van der Waals surface area contributed by atoms with Gasteiger partial charge in [0.1, 0.15) is 11.5 Å². The Morgan fingerprint density at radius 1 is 1.13 bits per heavy atom. The molecule has 2 heterocycles. The normalized spacial score (nSPS) is 22.8. The lowest BCUT2D eigenvalue weighted by molar-refractivity contribution is -0.225. The predicted molar refractivity (Wildman–Crippen MR) is 120 cm³/mol. The van der Waals surface area contributed by atoms with Crippen molar-refractivity contribution in [3.05, 3.63) is 58.1 Å². The minimum absolute atomic E-state index is 0.0779. The number of aromatic hydroxyl groups is 1. The van der Waals surface area contributed by atoms with Gasteiger partial charge in [0.15, 0.2) is 5.60 Å². The molecule has 1 saturated heterocycles. The van der Waals surface area contributed by atoms with Gasteiger partial charge >= 0.3 is 0 Å². The van der Waals surface area contributed by atoms with Crippen LogP contribution in [0.2, 0.25) is 0 Å². The topological polar surface area (TPSA) is 76.1 Å². The Morgan fingerprint density at radius 3 is 2.39 bits per heavy atom. The van der Waals surface area contributed by atoms with E-state index < -0.39 is 11.3 Å². The van der Waals surface area contributed by atoms with Crippen LogP contribution in [-0.2, 0) is 21.7 Å². The summed E-state index contributed by atoms with van der Waals surface area (Å²) in [4.78, 5) is 27.1. The Bertz CT molecular complexity index is 1050. The third kappa shape index (κ3) is 2.97. The number of hydrogen-bond donors (Lipinski definition) is 1. The maximum Gasteiger partial charge on any atom is 0.291 e. The molecule has 2 aromatic rings. The fraction of sp³-hybridized carbons (Fsp3) is 0.417. The largest absolute Gasteiger partial charge is 0.507 e. The molecule has 2 aliphatic rings. The first-order valence-electron chi connectivity index (χ1n) is 10.3. The molecular weight excluding hydrogens is 414 g/mol. The van der Waals surface area contributed by atoms with Crippen molar-refractivity contribution < 1.29 is 24.2 Å². The molecule has 2 aromatic carbocycles. The van der Waals surface area contributed by atoms with E-state index in [9.17, 15) is 14.7 Å². The second-order valence-electron chi connectivity index (χ2n) is 8.36. The fourth-order valence-electron chi connectivity index (χ4n) is 4.90. The second-order valence-corrected chi connectivity index (χ2v) is 9.29. The van der Waals surface area contributed by atoms with Crippen LogP contribution in [0.25, 0.3) is 0 Å². The van der Waals surface area contributed by atoms with Gasteiger partial charge in [-0.3, -0.25) is 9.59 Å². The van der Waals surface area contributed by atoms with Crippen molar-refractivity contribution in [1.82, 2.24) is 4.90 Å². The number of fused-ring (bicyclic) bond motifs is 1. The van der Waals surface area contributed by atoms with Crippen molar-refractivity contribution in [3.63, 3.8) is 0 Å². The van der Waals surface area contributed by atoms with Gasteiger partial charge in [-0.1, -0.05) is 42.1 Å². The highest BCUT2D eigenvalue weighted by Crippen LogP contribution is 2.52. The maximum absolute atomic E-state index is 12.9. The van der Waals surface area contributed by atoms with Gasteiger partial charge in [0.25, 0.3) is 5.24 Å². The number of amides is 2. The van der Waals surface area contributed by atoms with Crippen LogP contribution in [0.5, 0.6) is 11.5 Å². The molecule has 4 rings (SSSR count). The molecule has 0 spiro atoms. The summed E-state index contributed by atoms with van der Waals surface area (Å²) in [6.45, 7) is 7.56. The Balaban J connectivity index is 1.95. The van der Waals surface area contributed by atoms with Crippen molar-refractivity contribution in [2.45, 2.75) is 51.9 Å². The highest BCUT2D eigenvalue weighted by Gasteiger charge is 2.62. The van der Waals surface area contributed by atoms with Gasteiger partial charge in [-0.05, 0) is 57.2 Å². The van der Waals surface area contributed by atoms with Crippen LogP contribution in [0, 0.1) is 20.8 Å². The molecule has 2 unspecified atom stereocenters. The minimum atomic E-state index is -1.43. The van der Waals surface area contributed by atoms with Gasteiger partial charge in [-0.15, -0.1) is 0 Å². The molecule has 0 aromatic heterocycles. The van der Waals surface area contributed by atoms with Gasteiger partial charge in [-0.25, -0.2) is 4.90 Å². The average molecular weight is 442 g/mol. The van der Waals surface area contributed by atoms with Crippen LogP contribution in [-0.4, -0.2) is 39.6 Å². The Hall–Kier alpha value is -2.51. The SMILES string of the molecule is COC(c1ccccc1)(N1C(=O)CSC1=O)C1(C)CCc2c(C)c(O)c(C)c(C)c2O1. The summed E-state index contributed by atoms with van der Waals surface area (Å²) in [6.07, 6.45) is 1.11. The molecule has 0 aliphatic carbocycles. The van der Waals surface area contributed by atoms with E-state index >= 15 is 0 Å². The van der Waals surface area contributed by atoms with Crippen molar-refractivity contribution in [2.75, 3.05) is 12.9 Å². The Kier molecular flexibility index (Phi) is 5.30. The van der Waals surface area contributed by atoms with Crippen molar-refractivity contribution in [3.8, 4) is 11.5 Å². The first-order chi connectivity index (χ1) is 14.7. The summed E-state index contributed by atoms with van der Waals surface area (Å²) in [5.74, 6) is 0.747. The van der Waals surface area contributed by atoms with E-state index in [-0.39, 0.29) is 22.6 Å². The van der Waals surface area contributed by atoms with E-state index in [1.165, 1.54) is 12.0 Å². The minimum Gasteiger partial charge on any atom is -0.507 e. The monoisotopic (exact) mass is 441 g/mol. The zero-order valence-corrected chi connectivity index (χ0v) is 19.3. The molecule has 7 heteroatoms. The van der Waals surface area contributed by atoms with Gasteiger partial charge in [0, 0.05) is 18.2 Å². The molecule has 2 amide bonds. The number of nitrogens with zero attached hydrogens (tertiary/aromatic N) is 1. The molecule has 2 atom stereocenters. The number of imide groups is 1. The second kappa shape index (κ2) is 7.57. The summed E-state index contributed by atoms with van der Waals surface area (Å²) >= 11 is 0.978. The lowest BCUT2D eigenvalue weighted by atomic mass is 9.77. The molecule has 31 heavy (non-hydrogen) atoms. The number of benzene rings is 2. The number of phenolic OH excluding ortho intramolecular Hbond substituents is 1. The molecule has 0 saturated carbocycles. The van der Waals surface area contributed by atoms with E-state index in [1.54, 1.807) is 0 Å². The molecule has 1 fully saturated rings. The number of methoxy groups -OCH3 is 1. The van der Waals surface area contributed by atoms with Crippen LogP contribution < -0.4 is 4.74 Å². The molecule has 0 bridgehead atoms. The van der Waals surface area contributed by atoms with E-state index in [2.05, 4.69) is 0 Å². The number of hydrogen-bond acceptors (Lipinski definition) is 6. The molecule has 6 nitrogen and oxygen atoms in total. The van der Waals surface area contributed by atoms with Gasteiger partial charge < -0.3 is 14.6 Å². The number of phenols is 1. The zero-order chi connectivity index (χ0) is 22.6. The number of carbonyl (C=O) groups is 2. The van der Waals surface area contributed by atoms with Crippen LogP contribution in [0.1, 0.15) is 41.2 Å². The highest BCUT2D eigenvalue weighted by atomic mass is 32.2. The van der Waals surface area contributed by atoms with Gasteiger partial charge in [0.2, 0.25) is 11.6 Å². The zero-order valence-electron chi connectivity index (χ0n) is 18.4. The third-order valence-electron chi connectivity index (χ3n) is 6.76. The molecule has 164 valence electrons. The lowest BCUT2D eigenvalue weighted by Gasteiger charge is -2.52. The number of thioether (sulfide) groups is 1. The standard InChI is InChI=1S/C24H27NO5S/c1-14-15(2)21-18(16(3)20(14)27)11-12-23(4,30-21)24(29-5,17-9-7-6-8-10-17)25-19(26)13-31-22(25)28/h6-10,27H,11-13H2,1-5H3. The van der Waals surface area contributed by atoms with Crippen molar-refractivity contribution >= 4 is 22.9 Å². The number of rotatable bonds is 4. The summed E-state index contributed by atoms with van der Waals surface area (Å²) in [6, 6.07) is 9.32. The summed E-state index contributed by atoms with van der Waals surface area (Å²) in [5, 5.41) is 10.2. The van der Waals surface area contributed by atoms with E-state index in [0.717, 1.165) is 34.0 Å². The lowest BCUT2D eigenvalue weighted by Crippen LogP contribution is -2.66. The van der Waals surface area contributed by atoms with Gasteiger partial charge in [0.05, 0.1) is 5.75 Å². The fourth-order valence-corrected chi connectivity index (χ4v) is 5.64. The molecule has 2 aliphatic heterocycles. The molecule has 1 N–H and O–H groups in total. The van der Waals surface area contributed by atoms with Crippen molar-refractivity contribution in [2.24, 2.45) is 0 Å². The quantitative estimate of drug-likeness (QED) is 0.748. The summed E-state index contributed by atoms with van der Waals surface area (Å²) in [7, 11) is 1.51. The molecule has 0 radical (unpaired) electrons. The summed E-state index contributed by atoms with van der Waals surface area (Å²) in [5.41, 5.74) is 1.54. The van der Waals surface area contributed by atoms with Crippen LogP contribution in [0.3, 0.4) is 0 Å². The third-order valence-corrected chi connectivity index (χ3v) is 7.58. The first kappa shape index (κ1) is 21.7. The van der Waals surface area contributed by atoms with Crippen LogP contribution in [0.4, 0.5) is 4.79 Å². The number of carbonyl (C=O) groups excluding carboxylic acids is 2. The van der Waals surface area contributed by atoms with Crippen LogP contribution in [0.15, 0.2) is 30.3 Å².